The van der Waals surface area contributed by atoms with E-state index in [0.717, 1.165) is 16.7 Å². The van der Waals surface area contributed by atoms with Crippen LogP contribution in [0.3, 0.4) is 0 Å². The number of carbonyl (C=O) groups excluding carboxylic acids is 2. The number of rotatable bonds is 7. The summed E-state index contributed by atoms with van der Waals surface area (Å²) in [6.07, 6.45) is 1.28. The maximum absolute atomic E-state index is 12.0. The molecule has 5 heteroatoms. The van der Waals surface area contributed by atoms with E-state index in [9.17, 15) is 14.7 Å². The fourth-order valence-corrected chi connectivity index (χ4v) is 3.03. The maximum atomic E-state index is 12.0. The lowest BCUT2D eigenvalue weighted by Crippen LogP contribution is -2.36. The predicted octanol–water partition coefficient (Wildman–Crippen LogP) is 2.91. The molecule has 138 valence electrons. The molecule has 2 aromatic rings. The van der Waals surface area contributed by atoms with Crippen LogP contribution >= 0.6 is 0 Å². The first-order chi connectivity index (χ1) is 12.5. The number of amides is 2. The summed E-state index contributed by atoms with van der Waals surface area (Å²) >= 11 is 0. The number of hydrogen-bond donors (Lipinski definition) is 3. The summed E-state index contributed by atoms with van der Waals surface area (Å²) in [6.45, 7) is 4.33. The van der Waals surface area contributed by atoms with E-state index in [-0.39, 0.29) is 12.5 Å². The average molecular weight is 354 g/mol. The molecule has 0 aliphatic carbocycles. The van der Waals surface area contributed by atoms with Gasteiger partial charge in [-0.1, -0.05) is 36.4 Å². The first-order valence-corrected chi connectivity index (χ1v) is 8.83. The quantitative estimate of drug-likeness (QED) is 0.669. The molecule has 1 atom stereocenters. The smallest absolute Gasteiger partial charge is 0.313 e. The van der Waals surface area contributed by atoms with Gasteiger partial charge in [0.25, 0.3) is 0 Å². The Morgan fingerprint density at radius 3 is 2.23 bits per heavy atom. The molecule has 2 rings (SSSR count). The van der Waals surface area contributed by atoms with Gasteiger partial charge in [0, 0.05) is 18.8 Å². The molecule has 2 amide bonds. The van der Waals surface area contributed by atoms with Gasteiger partial charge in [-0.25, -0.2) is 0 Å². The van der Waals surface area contributed by atoms with Crippen molar-refractivity contribution in [3.05, 3.63) is 65.2 Å². The van der Waals surface area contributed by atoms with E-state index in [1.165, 1.54) is 0 Å². The number of carbonyl (C=O) groups is 2. The van der Waals surface area contributed by atoms with Crippen molar-refractivity contribution < 1.29 is 14.7 Å². The number of aliphatic hydroxyl groups is 1. The number of hydrogen-bond acceptors (Lipinski definition) is 3. The van der Waals surface area contributed by atoms with E-state index < -0.39 is 11.8 Å². The predicted molar refractivity (Wildman–Crippen MR) is 103 cm³/mol. The molecule has 0 heterocycles. The van der Waals surface area contributed by atoms with Crippen LogP contribution in [0.5, 0.6) is 0 Å². The van der Waals surface area contributed by atoms with Gasteiger partial charge >= 0.3 is 11.8 Å². The largest absolute Gasteiger partial charge is 0.396 e. The Morgan fingerprint density at radius 2 is 1.62 bits per heavy atom. The molecule has 26 heavy (non-hydrogen) atoms. The van der Waals surface area contributed by atoms with Crippen molar-refractivity contribution in [1.82, 2.24) is 5.32 Å². The highest BCUT2D eigenvalue weighted by molar-refractivity contribution is 6.39. The molecular weight excluding hydrogens is 328 g/mol. The first-order valence-electron chi connectivity index (χ1n) is 8.83. The molecule has 5 nitrogen and oxygen atoms in total. The van der Waals surface area contributed by atoms with Crippen LogP contribution in [0, 0.1) is 13.8 Å². The summed E-state index contributed by atoms with van der Waals surface area (Å²) < 4.78 is 0. The van der Waals surface area contributed by atoms with Crippen LogP contribution in [-0.4, -0.2) is 30.1 Å². The molecule has 0 aliphatic rings. The summed E-state index contributed by atoms with van der Waals surface area (Å²) in [7, 11) is 0. The Hall–Kier alpha value is -2.66. The molecule has 0 saturated carbocycles. The van der Waals surface area contributed by atoms with E-state index >= 15 is 0 Å². The number of aliphatic hydroxyl groups excluding tert-OH is 1. The molecule has 3 N–H and O–H groups in total. The third kappa shape index (κ3) is 6.01. The van der Waals surface area contributed by atoms with Crippen molar-refractivity contribution in [3.63, 3.8) is 0 Å². The summed E-state index contributed by atoms with van der Waals surface area (Å²) in [5, 5.41) is 14.5. The molecule has 0 spiro atoms. The van der Waals surface area contributed by atoms with Crippen LogP contribution in [0.2, 0.25) is 0 Å². The summed E-state index contributed by atoms with van der Waals surface area (Å²) in [4.78, 5) is 24.1. The van der Waals surface area contributed by atoms with Gasteiger partial charge in [0.2, 0.25) is 0 Å². The van der Waals surface area contributed by atoms with Crippen LogP contribution in [0.4, 0.5) is 5.69 Å². The maximum Gasteiger partial charge on any atom is 0.313 e. The zero-order valence-electron chi connectivity index (χ0n) is 15.3. The van der Waals surface area contributed by atoms with Gasteiger partial charge in [-0.15, -0.1) is 0 Å². The monoisotopic (exact) mass is 354 g/mol. The van der Waals surface area contributed by atoms with Gasteiger partial charge in [-0.05, 0) is 61.4 Å². The lowest BCUT2D eigenvalue weighted by molar-refractivity contribution is -0.136. The minimum absolute atomic E-state index is 0.0840. The van der Waals surface area contributed by atoms with E-state index in [0.29, 0.717) is 25.1 Å². The summed E-state index contributed by atoms with van der Waals surface area (Å²) in [5.41, 5.74) is 3.78. The van der Waals surface area contributed by atoms with Crippen molar-refractivity contribution in [3.8, 4) is 0 Å². The van der Waals surface area contributed by atoms with Crippen LogP contribution in [0.1, 0.15) is 35.4 Å². The van der Waals surface area contributed by atoms with Gasteiger partial charge in [-0.3, -0.25) is 9.59 Å². The van der Waals surface area contributed by atoms with Crippen molar-refractivity contribution in [2.75, 3.05) is 18.5 Å². The molecule has 0 radical (unpaired) electrons. The van der Waals surface area contributed by atoms with Gasteiger partial charge in [-0.2, -0.15) is 0 Å². The van der Waals surface area contributed by atoms with Gasteiger partial charge < -0.3 is 15.7 Å². The topological polar surface area (TPSA) is 78.4 Å². The fraction of sp³-hybridized carbons (Fsp3) is 0.333. The van der Waals surface area contributed by atoms with E-state index in [1.54, 1.807) is 0 Å². The Labute approximate surface area is 154 Å². The third-order valence-electron chi connectivity index (χ3n) is 4.21. The molecule has 1 unspecified atom stereocenters. The zero-order chi connectivity index (χ0) is 18.9. The standard InChI is InChI=1S/C21H26N2O3/c1-15-12-16(2)14-19(13-15)23-21(26)20(25)22-10-8-18(9-11-24)17-6-4-3-5-7-17/h3-7,12-14,18,24H,8-11H2,1-2H3,(H,22,25)(H,23,26). The molecule has 0 saturated heterocycles. The number of nitrogens with one attached hydrogen (secondary N) is 2. The van der Waals surface area contributed by atoms with Crippen LogP contribution in [0.15, 0.2) is 48.5 Å². The Bertz CT molecular complexity index is 724. The minimum atomic E-state index is -0.673. The number of benzene rings is 2. The lowest BCUT2D eigenvalue weighted by Gasteiger charge is -2.16. The highest BCUT2D eigenvalue weighted by Gasteiger charge is 2.15. The number of aryl methyl sites for hydroxylation is 2. The summed E-state index contributed by atoms with van der Waals surface area (Å²) in [6, 6.07) is 15.5. The Kier molecular flexibility index (Phi) is 7.36. The van der Waals surface area contributed by atoms with Gasteiger partial charge in [0.15, 0.2) is 0 Å². The average Bonchev–Trinajstić information content (AvgIpc) is 2.60. The molecule has 2 aromatic carbocycles. The van der Waals surface area contributed by atoms with Gasteiger partial charge in [0.05, 0.1) is 0 Å². The Morgan fingerprint density at radius 1 is 0.962 bits per heavy atom. The normalized spacial score (nSPS) is 11.7. The summed E-state index contributed by atoms with van der Waals surface area (Å²) in [5.74, 6) is -1.18. The van der Waals surface area contributed by atoms with E-state index in [4.69, 9.17) is 0 Å². The van der Waals surface area contributed by atoms with Crippen molar-refractivity contribution in [1.29, 1.82) is 0 Å². The van der Waals surface area contributed by atoms with Crippen molar-refractivity contribution >= 4 is 17.5 Å². The Balaban J connectivity index is 1.85. The fourth-order valence-electron chi connectivity index (χ4n) is 3.03. The molecule has 0 aliphatic heterocycles. The van der Waals surface area contributed by atoms with Crippen LogP contribution < -0.4 is 10.6 Å². The molecule has 0 bridgehead atoms. The first kappa shape index (κ1) is 19.7. The minimum Gasteiger partial charge on any atom is -0.396 e. The second-order valence-corrected chi connectivity index (χ2v) is 6.49. The molecular formula is C21H26N2O3. The van der Waals surface area contributed by atoms with Crippen molar-refractivity contribution in [2.45, 2.75) is 32.6 Å². The highest BCUT2D eigenvalue weighted by Crippen LogP contribution is 2.22. The van der Waals surface area contributed by atoms with E-state index in [2.05, 4.69) is 10.6 Å². The highest BCUT2D eigenvalue weighted by atomic mass is 16.3. The second kappa shape index (κ2) is 9.73. The molecule has 0 aromatic heterocycles. The third-order valence-corrected chi connectivity index (χ3v) is 4.21. The second-order valence-electron chi connectivity index (χ2n) is 6.49. The zero-order valence-corrected chi connectivity index (χ0v) is 15.3. The van der Waals surface area contributed by atoms with Crippen LogP contribution in [-0.2, 0) is 9.59 Å². The lowest BCUT2D eigenvalue weighted by atomic mass is 9.93. The SMILES string of the molecule is Cc1cc(C)cc(NC(=O)C(=O)NCCC(CCO)c2ccccc2)c1. The molecule has 0 fully saturated rings. The van der Waals surface area contributed by atoms with Gasteiger partial charge in [0.1, 0.15) is 0 Å². The van der Waals surface area contributed by atoms with Crippen LogP contribution in [0.25, 0.3) is 0 Å². The van der Waals surface area contributed by atoms with E-state index in [1.807, 2.05) is 62.4 Å². The van der Waals surface area contributed by atoms with Crippen molar-refractivity contribution in [2.24, 2.45) is 0 Å². The number of anilines is 1.